The fraction of sp³-hybridized carbons (Fsp3) is 0.533. The van der Waals surface area contributed by atoms with Gasteiger partial charge in [0.15, 0.2) is 0 Å². The van der Waals surface area contributed by atoms with Crippen LogP contribution in [-0.2, 0) is 20.0 Å². The van der Waals surface area contributed by atoms with Gasteiger partial charge in [0.05, 0.1) is 11.2 Å². The van der Waals surface area contributed by atoms with Gasteiger partial charge >= 0.3 is 5.97 Å². The maximum atomic E-state index is 11.9. The van der Waals surface area contributed by atoms with E-state index in [-0.39, 0.29) is 17.9 Å². The van der Waals surface area contributed by atoms with E-state index in [1.807, 2.05) is 6.07 Å². The summed E-state index contributed by atoms with van der Waals surface area (Å²) in [5, 5.41) is 9.61. The van der Waals surface area contributed by atoms with Gasteiger partial charge in [0.2, 0.25) is 0 Å². The molecule has 1 atom stereocenters. The van der Waals surface area contributed by atoms with Crippen LogP contribution in [0.5, 0.6) is 0 Å². The largest absolute Gasteiger partial charge is 0.481 e. The molecule has 1 aromatic rings. The first-order valence-electron chi connectivity index (χ1n) is 6.87. The average Bonchev–Trinajstić information content (AvgIpc) is 2.40. The fourth-order valence-corrected chi connectivity index (χ4v) is 3.89. The van der Waals surface area contributed by atoms with Crippen LogP contribution in [0.15, 0.2) is 30.3 Å². The van der Waals surface area contributed by atoms with Crippen molar-refractivity contribution in [2.75, 3.05) is 11.5 Å². The molecule has 0 radical (unpaired) electrons. The van der Waals surface area contributed by atoms with Crippen LogP contribution >= 0.6 is 0 Å². The zero-order chi connectivity index (χ0) is 15.2. The van der Waals surface area contributed by atoms with Crippen molar-refractivity contribution in [3.05, 3.63) is 35.9 Å². The van der Waals surface area contributed by atoms with E-state index < -0.39 is 21.2 Å². The molecule has 0 saturated carbocycles. The van der Waals surface area contributed by atoms with Gasteiger partial charge in [0.1, 0.15) is 9.84 Å². The maximum absolute atomic E-state index is 11.9. The van der Waals surface area contributed by atoms with Gasteiger partial charge < -0.3 is 5.11 Å². The Labute approximate surface area is 120 Å². The van der Waals surface area contributed by atoms with Crippen LogP contribution in [0.3, 0.4) is 0 Å². The van der Waals surface area contributed by atoms with Crippen molar-refractivity contribution in [2.24, 2.45) is 0 Å². The highest BCUT2D eigenvalue weighted by Gasteiger charge is 2.39. The first kappa shape index (κ1) is 16.7. The number of carboxylic acids is 1. The van der Waals surface area contributed by atoms with Crippen molar-refractivity contribution in [2.45, 2.75) is 38.5 Å². The summed E-state index contributed by atoms with van der Waals surface area (Å²) in [5.74, 6) is -0.935. The Morgan fingerprint density at radius 3 is 2.20 bits per heavy atom. The van der Waals surface area contributed by atoms with Crippen LogP contribution in [0.4, 0.5) is 0 Å². The molecule has 0 aliphatic rings. The Morgan fingerprint density at radius 2 is 1.75 bits per heavy atom. The Bertz CT molecular complexity index is 536. The van der Waals surface area contributed by atoms with Crippen LogP contribution in [0.1, 0.15) is 38.7 Å². The molecule has 4 nitrogen and oxygen atoms in total. The van der Waals surface area contributed by atoms with Crippen molar-refractivity contribution >= 4 is 15.8 Å². The molecule has 1 unspecified atom stereocenters. The monoisotopic (exact) mass is 298 g/mol. The minimum Gasteiger partial charge on any atom is -0.481 e. The molecule has 0 fully saturated rings. The van der Waals surface area contributed by atoms with Crippen LogP contribution < -0.4 is 0 Å². The van der Waals surface area contributed by atoms with Gasteiger partial charge in [-0.15, -0.1) is 0 Å². The van der Waals surface area contributed by atoms with Crippen LogP contribution in [-0.4, -0.2) is 31.0 Å². The lowest BCUT2D eigenvalue weighted by Gasteiger charge is -2.28. The summed E-state index contributed by atoms with van der Waals surface area (Å²) in [4.78, 5) is 11.7. The molecular weight excluding hydrogens is 276 g/mol. The second-order valence-corrected chi connectivity index (χ2v) is 7.31. The van der Waals surface area contributed by atoms with E-state index in [0.29, 0.717) is 18.4 Å². The summed E-state index contributed by atoms with van der Waals surface area (Å²) in [6, 6.07) is 8.89. The van der Waals surface area contributed by atoms with Crippen molar-refractivity contribution in [1.29, 1.82) is 0 Å². The average molecular weight is 298 g/mol. The molecule has 1 N–H and O–H groups in total. The number of benzene rings is 1. The number of hydrogen-bond donors (Lipinski definition) is 1. The highest BCUT2D eigenvalue weighted by molar-refractivity contribution is 7.91. The van der Waals surface area contributed by atoms with Crippen LogP contribution in [0, 0.1) is 0 Å². The maximum Gasteiger partial charge on any atom is 0.314 e. The number of hydrogen-bond acceptors (Lipinski definition) is 3. The van der Waals surface area contributed by atoms with E-state index in [9.17, 15) is 18.3 Å². The van der Waals surface area contributed by atoms with Crippen LogP contribution in [0.2, 0.25) is 0 Å². The summed E-state index contributed by atoms with van der Waals surface area (Å²) in [5.41, 5.74) is -0.455. The lowest BCUT2D eigenvalue weighted by Crippen LogP contribution is -2.37. The number of sulfone groups is 1. The van der Waals surface area contributed by atoms with Gasteiger partial charge in [0.25, 0.3) is 0 Å². The summed E-state index contributed by atoms with van der Waals surface area (Å²) in [7, 11) is -3.18. The van der Waals surface area contributed by atoms with Crippen LogP contribution in [0.25, 0.3) is 0 Å². The zero-order valence-corrected chi connectivity index (χ0v) is 12.8. The molecule has 1 aromatic carbocycles. The summed E-state index contributed by atoms with van der Waals surface area (Å²) >= 11 is 0. The SMILES string of the molecule is CCCS(=O)(=O)CCC(CC)(C(=O)O)c1ccccc1. The Hall–Kier alpha value is -1.36. The molecule has 0 aliphatic carbocycles. The van der Waals surface area contributed by atoms with E-state index in [2.05, 4.69) is 0 Å². The second-order valence-electron chi connectivity index (χ2n) is 5.01. The number of carboxylic acid groups (broad SMARTS) is 1. The normalized spacial score (nSPS) is 14.7. The molecular formula is C15H22O4S. The molecule has 1 rings (SSSR count). The molecule has 20 heavy (non-hydrogen) atoms. The molecule has 0 bridgehead atoms. The first-order chi connectivity index (χ1) is 9.38. The van der Waals surface area contributed by atoms with E-state index in [4.69, 9.17) is 0 Å². The fourth-order valence-electron chi connectivity index (χ4n) is 2.41. The lowest BCUT2D eigenvalue weighted by atomic mass is 9.76. The van der Waals surface area contributed by atoms with E-state index in [1.165, 1.54) is 0 Å². The van der Waals surface area contributed by atoms with E-state index in [1.54, 1.807) is 38.1 Å². The molecule has 0 spiro atoms. The third-order valence-corrected chi connectivity index (χ3v) is 5.55. The first-order valence-corrected chi connectivity index (χ1v) is 8.69. The van der Waals surface area contributed by atoms with Crippen molar-refractivity contribution < 1.29 is 18.3 Å². The van der Waals surface area contributed by atoms with Gasteiger partial charge in [-0.2, -0.15) is 0 Å². The molecule has 0 amide bonds. The standard InChI is InChI=1S/C15H22O4S/c1-3-11-20(18,19)12-10-15(4-2,14(16)17)13-8-6-5-7-9-13/h5-9H,3-4,10-12H2,1-2H3,(H,16,17). The summed E-state index contributed by atoms with van der Waals surface area (Å²) in [6.45, 7) is 3.59. The van der Waals surface area contributed by atoms with Gasteiger partial charge in [-0.3, -0.25) is 4.79 Å². The molecule has 0 heterocycles. The van der Waals surface area contributed by atoms with Crippen molar-refractivity contribution in [1.82, 2.24) is 0 Å². The van der Waals surface area contributed by atoms with Crippen molar-refractivity contribution in [3.8, 4) is 0 Å². The van der Waals surface area contributed by atoms with Gasteiger partial charge in [-0.1, -0.05) is 44.2 Å². The number of rotatable bonds is 8. The molecule has 0 aromatic heterocycles. The minimum atomic E-state index is -3.18. The molecule has 0 saturated heterocycles. The minimum absolute atomic E-state index is 0.0874. The Morgan fingerprint density at radius 1 is 1.15 bits per heavy atom. The third-order valence-electron chi connectivity index (χ3n) is 3.69. The third kappa shape index (κ3) is 3.82. The topological polar surface area (TPSA) is 71.4 Å². The van der Waals surface area contributed by atoms with E-state index >= 15 is 0 Å². The predicted octanol–water partition coefficient (Wildman–Crippen LogP) is 2.63. The number of aliphatic carboxylic acids is 1. The predicted molar refractivity (Wildman–Crippen MR) is 79.6 cm³/mol. The molecule has 5 heteroatoms. The zero-order valence-electron chi connectivity index (χ0n) is 12.0. The van der Waals surface area contributed by atoms with Crippen molar-refractivity contribution in [3.63, 3.8) is 0 Å². The quantitative estimate of drug-likeness (QED) is 0.801. The Kier molecular flexibility index (Phi) is 5.74. The molecule has 0 aliphatic heterocycles. The Balaban J connectivity index is 3.06. The van der Waals surface area contributed by atoms with E-state index in [0.717, 1.165) is 0 Å². The summed E-state index contributed by atoms with van der Waals surface area (Å²) < 4.78 is 23.7. The number of carbonyl (C=O) groups is 1. The smallest absolute Gasteiger partial charge is 0.314 e. The molecule has 112 valence electrons. The van der Waals surface area contributed by atoms with Gasteiger partial charge in [-0.05, 0) is 24.8 Å². The lowest BCUT2D eigenvalue weighted by molar-refractivity contribution is -0.144. The highest BCUT2D eigenvalue weighted by atomic mass is 32.2. The van der Waals surface area contributed by atoms with Gasteiger partial charge in [-0.25, -0.2) is 8.42 Å². The second kappa shape index (κ2) is 6.88. The van der Waals surface area contributed by atoms with Gasteiger partial charge in [0, 0.05) is 5.75 Å². The summed E-state index contributed by atoms with van der Waals surface area (Å²) in [6.07, 6.45) is 1.04. The highest BCUT2D eigenvalue weighted by Crippen LogP contribution is 2.32.